The van der Waals surface area contributed by atoms with E-state index in [1.807, 2.05) is 12.1 Å². The van der Waals surface area contributed by atoms with Crippen LogP contribution in [0.1, 0.15) is 35.4 Å². The van der Waals surface area contributed by atoms with Crippen LogP contribution in [0.2, 0.25) is 0 Å². The zero-order valence-corrected chi connectivity index (χ0v) is 12.1. The van der Waals surface area contributed by atoms with Crippen molar-refractivity contribution in [3.05, 3.63) is 71.0 Å². The van der Waals surface area contributed by atoms with Crippen LogP contribution in [0, 0.1) is 5.82 Å². The molecule has 1 saturated carbocycles. The molecule has 2 aliphatic carbocycles. The fourth-order valence-electron chi connectivity index (χ4n) is 3.82. The number of fused-ring (bicyclic) bond motifs is 1. The van der Waals surface area contributed by atoms with Gasteiger partial charge in [-0.05, 0) is 54.4 Å². The molecule has 0 bridgehead atoms. The highest BCUT2D eigenvalue weighted by Crippen LogP contribution is 2.38. The number of hydrogen-bond acceptors (Lipinski definition) is 1. The average Bonchev–Trinajstić information content (AvgIpc) is 2.86. The Bertz CT molecular complexity index is 621. The number of nitrogens with one attached hydrogen (secondary N) is 1. The number of halogens is 1. The van der Waals surface area contributed by atoms with Gasteiger partial charge in [0.1, 0.15) is 5.82 Å². The van der Waals surface area contributed by atoms with Crippen molar-refractivity contribution in [2.24, 2.45) is 0 Å². The van der Waals surface area contributed by atoms with E-state index < -0.39 is 0 Å². The summed E-state index contributed by atoms with van der Waals surface area (Å²) in [6.45, 7) is 0. The molecule has 21 heavy (non-hydrogen) atoms. The molecule has 0 atom stereocenters. The lowest BCUT2D eigenvalue weighted by molar-refractivity contribution is 0.262. The molecule has 1 nitrogen and oxygen atoms in total. The van der Waals surface area contributed by atoms with E-state index in [1.54, 1.807) is 12.1 Å². The van der Waals surface area contributed by atoms with Crippen molar-refractivity contribution in [2.45, 2.75) is 43.7 Å². The van der Waals surface area contributed by atoms with Crippen LogP contribution >= 0.6 is 0 Å². The molecule has 0 saturated heterocycles. The first-order chi connectivity index (χ1) is 10.3. The maximum atomic E-state index is 13.8. The van der Waals surface area contributed by atoms with Gasteiger partial charge in [-0.15, -0.1) is 0 Å². The molecular weight excluding hydrogens is 261 g/mol. The van der Waals surface area contributed by atoms with E-state index >= 15 is 0 Å². The fraction of sp³-hybridized carbons (Fsp3) is 0.368. The molecule has 108 valence electrons. The highest BCUT2D eigenvalue weighted by molar-refractivity contribution is 5.33. The molecule has 0 spiro atoms. The first kappa shape index (κ1) is 13.0. The lowest BCUT2D eigenvalue weighted by Crippen LogP contribution is -2.46. The van der Waals surface area contributed by atoms with Gasteiger partial charge in [0.05, 0.1) is 0 Å². The molecule has 0 heterocycles. The Morgan fingerprint density at radius 3 is 2.10 bits per heavy atom. The minimum absolute atomic E-state index is 0.0470. The van der Waals surface area contributed by atoms with Crippen molar-refractivity contribution in [3.63, 3.8) is 0 Å². The summed E-state index contributed by atoms with van der Waals surface area (Å²) in [5, 5.41) is 3.76. The molecule has 1 fully saturated rings. The first-order valence-electron chi connectivity index (χ1n) is 7.87. The van der Waals surface area contributed by atoms with Crippen LogP contribution in [-0.4, -0.2) is 12.1 Å². The molecule has 0 amide bonds. The van der Waals surface area contributed by atoms with Crippen molar-refractivity contribution in [3.8, 4) is 0 Å². The Morgan fingerprint density at radius 2 is 1.43 bits per heavy atom. The first-order valence-corrected chi connectivity index (χ1v) is 7.87. The summed E-state index contributed by atoms with van der Waals surface area (Å²) in [6.07, 6.45) is 4.40. The second-order valence-corrected chi connectivity index (χ2v) is 6.43. The van der Waals surface area contributed by atoms with Crippen LogP contribution in [0.15, 0.2) is 48.5 Å². The molecule has 0 aromatic heterocycles. The van der Waals surface area contributed by atoms with E-state index in [1.165, 1.54) is 11.1 Å². The number of rotatable bonds is 3. The van der Waals surface area contributed by atoms with E-state index in [0.29, 0.717) is 18.0 Å². The van der Waals surface area contributed by atoms with Gasteiger partial charge in [0, 0.05) is 12.1 Å². The quantitative estimate of drug-likeness (QED) is 0.901. The standard InChI is InChI=1S/C19H20FN/c20-19-8-4-3-7-18(19)15-11-17(12-15)21-16-9-13-5-1-2-6-14(13)10-16/h1-8,15-17,21H,9-12H2. The second kappa shape index (κ2) is 5.27. The number of hydrogen-bond donors (Lipinski definition) is 1. The van der Waals surface area contributed by atoms with E-state index in [2.05, 4.69) is 29.6 Å². The van der Waals surface area contributed by atoms with Gasteiger partial charge in [0.15, 0.2) is 0 Å². The summed E-state index contributed by atoms with van der Waals surface area (Å²) in [5.41, 5.74) is 3.87. The minimum atomic E-state index is -0.0470. The highest BCUT2D eigenvalue weighted by Gasteiger charge is 2.34. The minimum Gasteiger partial charge on any atom is -0.311 e. The molecule has 0 radical (unpaired) electrons. The molecule has 2 heteroatoms. The van der Waals surface area contributed by atoms with Crippen molar-refractivity contribution in [1.29, 1.82) is 0 Å². The molecule has 0 unspecified atom stereocenters. The van der Waals surface area contributed by atoms with Gasteiger partial charge in [0.2, 0.25) is 0 Å². The Labute approximate surface area is 125 Å². The maximum Gasteiger partial charge on any atom is 0.126 e. The molecule has 2 aromatic carbocycles. The summed E-state index contributed by atoms with van der Waals surface area (Å²) in [4.78, 5) is 0. The van der Waals surface area contributed by atoms with Crippen LogP contribution in [-0.2, 0) is 12.8 Å². The van der Waals surface area contributed by atoms with E-state index in [-0.39, 0.29) is 5.82 Å². The van der Waals surface area contributed by atoms with Crippen LogP contribution in [0.3, 0.4) is 0 Å². The van der Waals surface area contributed by atoms with Crippen LogP contribution in [0.25, 0.3) is 0 Å². The van der Waals surface area contributed by atoms with Crippen LogP contribution in [0.4, 0.5) is 4.39 Å². The Hall–Kier alpha value is -1.67. The molecule has 1 N–H and O–H groups in total. The summed E-state index contributed by atoms with van der Waals surface area (Å²) in [7, 11) is 0. The average molecular weight is 281 g/mol. The predicted octanol–water partition coefficient (Wildman–Crippen LogP) is 3.83. The Balaban J connectivity index is 1.33. The smallest absolute Gasteiger partial charge is 0.126 e. The van der Waals surface area contributed by atoms with Gasteiger partial charge >= 0.3 is 0 Å². The monoisotopic (exact) mass is 281 g/mol. The van der Waals surface area contributed by atoms with Crippen molar-refractivity contribution >= 4 is 0 Å². The normalized spacial score (nSPS) is 24.6. The van der Waals surface area contributed by atoms with Gasteiger partial charge < -0.3 is 5.32 Å². The van der Waals surface area contributed by atoms with Crippen molar-refractivity contribution in [2.75, 3.05) is 0 Å². The summed E-state index contributed by atoms with van der Waals surface area (Å²) in [5.74, 6) is 0.349. The summed E-state index contributed by atoms with van der Waals surface area (Å²) >= 11 is 0. The Kier molecular flexibility index (Phi) is 3.27. The van der Waals surface area contributed by atoms with Gasteiger partial charge in [-0.1, -0.05) is 42.5 Å². The molecule has 4 rings (SSSR count). The third kappa shape index (κ3) is 2.49. The fourth-order valence-corrected chi connectivity index (χ4v) is 3.82. The predicted molar refractivity (Wildman–Crippen MR) is 82.9 cm³/mol. The Morgan fingerprint density at radius 1 is 0.810 bits per heavy atom. The zero-order chi connectivity index (χ0) is 14.2. The topological polar surface area (TPSA) is 12.0 Å². The summed E-state index contributed by atoms with van der Waals surface area (Å²) < 4.78 is 13.8. The van der Waals surface area contributed by atoms with E-state index in [4.69, 9.17) is 0 Å². The largest absolute Gasteiger partial charge is 0.311 e. The third-order valence-electron chi connectivity index (χ3n) is 5.01. The SMILES string of the molecule is Fc1ccccc1C1CC(NC2Cc3ccccc3C2)C1. The molecular formula is C19H20FN. The van der Waals surface area contributed by atoms with E-state index in [9.17, 15) is 4.39 Å². The lowest BCUT2D eigenvalue weighted by Gasteiger charge is -2.38. The molecule has 2 aliphatic rings. The van der Waals surface area contributed by atoms with Gasteiger partial charge in [0.25, 0.3) is 0 Å². The summed E-state index contributed by atoms with van der Waals surface area (Å²) in [6, 6.07) is 17.0. The zero-order valence-electron chi connectivity index (χ0n) is 12.1. The van der Waals surface area contributed by atoms with Crippen molar-refractivity contribution < 1.29 is 4.39 Å². The second-order valence-electron chi connectivity index (χ2n) is 6.43. The van der Waals surface area contributed by atoms with Crippen LogP contribution < -0.4 is 5.32 Å². The molecule has 2 aromatic rings. The maximum absolute atomic E-state index is 13.8. The van der Waals surface area contributed by atoms with Gasteiger partial charge in [-0.2, -0.15) is 0 Å². The van der Waals surface area contributed by atoms with Crippen molar-refractivity contribution in [1.82, 2.24) is 5.32 Å². The number of benzene rings is 2. The van der Waals surface area contributed by atoms with E-state index in [0.717, 1.165) is 31.2 Å². The van der Waals surface area contributed by atoms with Gasteiger partial charge in [-0.25, -0.2) is 4.39 Å². The van der Waals surface area contributed by atoms with Gasteiger partial charge in [-0.3, -0.25) is 0 Å². The third-order valence-corrected chi connectivity index (χ3v) is 5.01. The lowest BCUT2D eigenvalue weighted by atomic mass is 9.75. The van der Waals surface area contributed by atoms with Crippen LogP contribution in [0.5, 0.6) is 0 Å². The molecule has 0 aliphatic heterocycles. The highest BCUT2D eigenvalue weighted by atomic mass is 19.1.